The summed E-state index contributed by atoms with van der Waals surface area (Å²) in [6, 6.07) is 0. The molecule has 0 heterocycles. The molecule has 1 atom stereocenters. The van der Waals surface area contributed by atoms with Crippen molar-refractivity contribution >= 4 is 11.9 Å². The highest BCUT2D eigenvalue weighted by Crippen LogP contribution is 2.29. The van der Waals surface area contributed by atoms with Gasteiger partial charge in [0, 0.05) is 19.3 Å². The molecule has 1 fully saturated rings. The first-order valence-electron chi connectivity index (χ1n) is 6.50. The maximum atomic E-state index is 11.5. The Labute approximate surface area is 103 Å². The second-order valence-corrected chi connectivity index (χ2v) is 4.62. The van der Waals surface area contributed by atoms with Gasteiger partial charge in [-0.05, 0) is 19.3 Å². The van der Waals surface area contributed by atoms with Gasteiger partial charge in [-0.1, -0.05) is 26.2 Å². The van der Waals surface area contributed by atoms with Crippen LogP contribution in [0.2, 0.25) is 0 Å². The van der Waals surface area contributed by atoms with Crippen LogP contribution in [0.4, 0.5) is 0 Å². The Bertz CT molecular complexity index is 256. The van der Waals surface area contributed by atoms with Crippen LogP contribution in [0.25, 0.3) is 0 Å². The van der Waals surface area contributed by atoms with Crippen molar-refractivity contribution in [1.29, 1.82) is 0 Å². The topological polar surface area (TPSA) is 52.6 Å². The maximum Gasteiger partial charge on any atom is 0.308 e. The minimum Gasteiger partial charge on any atom is -0.425 e. The predicted octanol–water partition coefficient (Wildman–Crippen LogP) is 2.80. The zero-order chi connectivity index (χ0) is 12.7. The molecule has 1 saturated carbocycles. The van der Waals surface area contributed by atoms with Gasteiger partial charge in [-0.15, -0.1) is 0 Å². The van der Waals surface area contributed by atoms with E-state index in [9.17, 15) is 9.59 Å². The molecule has 0 aliphatic heterocycles. The summed E-state index contributed by atoms with van der Waals surface area (Å²) in [7, 11) is 0. The molecule has 1 rings (SSSR count). The van der Waals surface area contributed by atoms with Gasteiger partial charge in [0.1, 0.15) is 0 Å². The molecule has 0 aromatic carbocycles. The molecule has 0 saturated heterocycles. The summed E-state index contributed by atoms with van der Waals surface area (Å²) in [6.07, 6.45) is 5.84. The Balaban J connectivity index is 2.52. The third kappa shape index (κ3) is 5.20. The van der Waals surface area contributed by atoms with E-state index in [2.05, 4.69) is 0 Å². The lowest BCUT2D eigenvalue weighted by molar-refractivity contribution is -0.198. The van der Waals surface area contributed by atoms with Gasteiger partial charge >= 0.3 is 11.9 Å². The molecule has 1 unspecified atom stereocenters. The van der Waals surface area contributed by atoms with Crippen molar-refractivity contribution < 1.29 is 19.1 Å². The fraction of sp³-hybridized carbons (Fsp3) is 0.846. The lowest BCUT2D eigenvalue weighted by Gasteiger charge is -2.28. The first-order chi connectivity index (χ1) is 8.13. The number of ether oxygens (including phenoxy) is 2. The summed E-state index contributed by atoms with van der Waals surface area (Å²) in [5.74, 6) is -0.484. The number of carbonyl (C=O) groups is 2. The van der Waals surface area contributed by atoms with Crippen molar-refractivity contribution in [2.24, 2.45) is 5.92 Å². The van der Waals surface area contributed by atoms with Crippen molar-refractivity contribution in [2.75, 3.05) is 0 Å². The fourth-order valence-electron chi connectivity index (χ4n) is 2.18. The van der Waals surface area contributed by atoms with Gasteiger partial charge in [0.05, 0.1) is 0 Å². The Morgan fingerprint density at radius 2 is 1.82 bits per heavy atom. The second kappa shape index (κ2) is 7.30. The quantitative estimate of drug-likeness (QED) is 0.549. The monoisotopic (exact) mass is 242 g/mol. The molecule has 1 aliphatic carbocycles. The van der Waals surface area contributed by atoms with Crippen LogP contribution in [0, 0.1) is 5.92 Å². The van der Waals surface area contributed by atoms with Gasteiger partial charge in [0.2, 0.25) is 6.29 Å². The largest absolute Gasteiger partial charge is 0.425 e. The SMILES string of the molecule is CCCC(=O)OC(OC(C)=O)C1CCCCC1. The predicted molar refractivity (Wildman–Crippen MR) is 63.1 cm³/mol. The van der Waals surface area contributed by atoms with Crippen LogP contribution in [0.1, 0.15) is 58.8 Å². The molecule has 4 heteroatoms. The van der Waals surface area contributed by atoms with Crippen LogP contribution in [-0.4, -0.2) is 18.2 Å². The van der Waals surface area contributed by atoms with Crippen molar-refractivity contribution in [3.63, 3.8) is 0 Å². The van der Waals surface area contributed by atoms with Crippen molar-refractivity contribution in [1.82, 2.24) is 0 Å². The molecule has 0 amide bonds. The molecule has 1 aliphatic rings. The van der Waals surface area contributed by atoms with Gasteiger partial charge < -0.3 is 9.47 Å². The lowest BCUT2D eigenvalue weighted by Crippen LogP contribution is -2.32. The molecular formula is C13H22O4. The van der Waals surface area contributed by atoms with Crippen LogP contribution in [0.3, 0.4) is 0 Å². The maximum absolute atomic E-state index is 11.5. The van der Waals surface area contributed by atoms with E-state index in [0.29, 0.717) is 6.42 Å². The Morgan fingerprint density at radius 1 is 1.18 bits per heavy atom. The minimum atomic E-state index is -0.674. The van der Waals surface area contributed by atoms with Gasteiger partial charge in [-0.2, -0.15) is 0 Å². The van der Waals surface area contributed by atoms with E-state index in [1.807, 2.05) is 6.92 Å². The molecule has 0 bridgehead atoms. The van der Waals surface area contributed by atoms with Gasteiger partial charge in [-0.3, -0.25) is 9.59 Å². The molecule has 0 spiro atoms. The summed E-state index contributed by atoms with van der Waals surface area (Å²) in [6.45, 7) is 3.27. The molecule has 4 nitrogen and oxygen atoms in total. The zero-order valence-electron chi connectivity index (χ0n) is 10.7. The molecular weight excluding hydrogens is 220 g/mol. The first-order valence-corrected chi connectivity index (χ1v) is 6.50. The Kier molecular flexibility index (Phi) is 6.01. The van der Waals surface area contributed by atoms with E-state index in [4.69, 9.17) is 9.47 Å². The van der Waals surface area contributed by atoms with Gasteiger partial charge in [0.15, 0.2) is 0 Å². The van der Waals surface area contributed by atoms with Crippen LogP contribution in [0.5, 0.6) is 0 Å². The average molecular weight is 242 g/mol. The first kappa shape index (κ1) is 14.0. The van der Waals surface area contributed by atoms with Crippen LogP contribution >= 0.6 is 0 Å². The van der Waals surface area contributed by atoms with E-state index in [1.54, 1.807) is 0 Å². The Morgan fingerprint density at radius 3 is 2.35 bits per heavy atom. The summed E-state index contributed by atoms with van der Waals surface area (Å²) < 4.78 is 10.4. The smallest absolute Gasteiger partial charge is 0.308 e. The zero-order valence-corrected chi connectivity index (χ0v) is 10.7. The van der Waals surface area contributed by atoms with Crippen molar-refractivity contribution in [2.45, 2.75) is 65.1 Å². The average Bonchev–Trinajstić information content (AvgIpc) is 2.29. The second-order valence-electron chi connectivity index (χ2n) is 4.62. The van der Waals surface area contributed by atoms with E-state index < -0.39 is 6.29 Å². The summed E-state index contributed by atoms with van der Waals surface area (Å²) in [5, 5.41) is 0. The minimum absolute atomic E-state index is 0.174. The highest BCUT2D eigenvalue weighted by Gasteiger charge is 2.29. The molecule has 0 N–H and O–H groups in total. The molecule has 0 aromatic heterocycles. The summed E-state index contributed by atoms with van der Waals surface area (Å²) >= 11 is 0. The molecule has 98 valence electrons. The number of carbonyl (C=O) groups excluding carboxylic acids is 2. The van der Waals surface area contributed by atoms with Crippen LogP contribution in [-0.2, 0) is 19.1 Å². The third-order valence-corrected chi connectivity index (χ3v) is 3.02. The number of hydrogen-bond acceptors (Lipinski definition) is 4. The molecule has 17 heavy (non-hydrogen) atoms. The van der Waals surface area contributed by atoms with Crippen LogP contribution in [0.15, 0.2) is 0 Å². The van der Waals surface area contributed by atoms with E-state index in [1.165, 1.54) is 13.3 Å². The molecule has 0 aromatic rings. The highest BCUT2D eigenvalue weighted by molar-refractivity contribution is 5.70. The molecule has 0 radical (unpaired) electrons. The summed E-state index contributed by atoms with van der Waals surface area (Å²) in [5.41, 5.74) is 0. The number of hydrogen-bond donors (Lipinski definition) is 0. The Hall–Kier alpha value is -1.06. The van der Waals surface area contributed by atoms with E-state index >= 15 is 0 Å². The highest BCUT2D eigenvalue weighted by atomic mass is 16.7. The number of esters is 2. The number of rotatable bonds is 5. The van der Waals surface area contributed by atoms with Gasteiger partial charge in [0.25, 0.3) is 0 Å². The van der Waals surface area contributed by atoms with Crippen LogP contribution < -0.4 is 0 Å². The normalized spacial score (nSPS) is 18.5. The standard InChI is InChI=1S/C13H22O4/c1-3-7-12(15)17-13(16-10(2)14)11-8-5-4-6-9-11/h11,13H,3-9H2,1-2H3. The van der Waals surface area contributed by atoms with E-state index in [0.717, 1.165) is 32.1 Å². The van der Waals surface area contributed by atoms with E-state index in [-0.39, 0.29) is 17.9 Å². The third-order valence-electron chi connectivity index (χ3n) is 3.02. The fourth-order valence-corrected chi connectivity index (χ4v) is 2.18. The summed E-state index contributed by atoms with van der Waals surface area (Å²) in [4.78, 5) is 22.5. The van der Waals surface area contributed by atoms with Crippen molar-refractivity contribution in [3.8, 4) is 0 Å². The van der Waals surface area contributed by atoms with Crippen molar-refractivity contribution in [3.05, 3.63) is 0 Å². The van der Waals surface area contributed by atoms with Gasteiger partial charge in [-0.25, -0.2) is 0 Å². The lowest BCUT2D eigenvalue weighted by atomic mass is 9.89.